The number of aromatic nitrogens is 2. The van der Waals surface area contributed by atoms with Gasteiger partial charge in [0.05, 0.1) is 11.0 Å². The Kier molecular flexibility index (Phi) is 5.01. The average molecular weight is 415 g/mol. The number of nitrogens with one attached hydrogen (secondary N) is 1. The Morgan fingerprint density at radius 2 is 2.19 bits per heavy atom. The smallest absolute Gasteiger partial charge is 0.178 e. The molecule has 3 rings (SSSR count). The minimum Gasteiger partial charge on any atom is -0.331 e. The molecule has 1 fully saturated rings. The lowest BCUT2D eigenvalue weighted by Gasteiger charge is -2.33. The molecule has 2 aromatic rings. The van der Waals surface area contributed by atoms with E-state index in [2.05, 4.69) is 62.2 Å². The lowest BCUT2D eigenvalue weighted by molar-refractivity contribution is 0.157. The predicted molar refractivity (Wildman–Crippen MR) is 99.3 cm³/mol. The van der Waals surface area contributed by atoms with Crippen LogP contribution in [0, 0.1) is 8.34 Å². The van der Waals surface area contributed by atoms with Crippen LogP contribution in [0.1, 0.15) is 32.6 Å². The van der Waals surface area contributed by atoms with Gasteiger partial charge in [0.2, 0.25) is 0 Å². The second-order valence-corrected chi connectivity index (χ2v) is 7.61. The molecule has 1 unspecified atom stereocenters. The Morgan fingerprint density at radius 1 is 1.33 bits per heavy atom. The minimum atomic E-state index is 0.747. The molecule has 0 radical (unpaired) electrons. The van der Waals surface area contributed by atoms with Crippen LogP contribution in [0.4, 0.5) is 0 Å². The number of piperidine rings is 1. The van der Waals surface area contributed by atoms with Crippen molar-refractivity contribution in [1.29, 1.82) is 0 Å². The summed E-state index contributed by atoms with van der Waals surface area (Å²) in [6.45, 7) is 5.81. The largest absolute Gasteiger partial charge is 0.331 e. The van der Waals surface area contributed by atoms with Crippen LogP contribution in [-0.4, -0.2) is 33.6 Å². The fourth-order valence-corrected chi connectivity index (χ4v) is 4.07. The second-order valence-electron chi connectivity index (χ2n) is 5.98. The van der Waals surface area contributed by atoms with Crippen molar-refractivity contribution < 1.29 is 0 Å². The highest BCUT2D eigenvalue weighted by molar-refractivity contribution is 14.1. The molecular formula is C16H22IN3S. The van der Waals surface area contributed by atoms with E-state index in [-0.39, 0.29) is 0 Å². The summed E-state index contributed by atoms with van der Waals surface area (Å²) in [6.07, 6.45) is 5.27. The van der Waals surface area contributed by atoms with Crippen LogP contribution in [0.2, 0.25) is 0 Å². The minimum absolute atomic E-state index is 0.747. The third-order valence-electron chi connectivity index (χ3n) is 4.50. The highest BCUT2D eigenvalue weighted by Gasteiger charge is 2.17. The fraction of sp³-hybridized carbons (Fsp3) is 0.562. The molecule has 0 saturated carbocycles. The lowest BCUT2D eigenvalue weighted by atomic mass is 10.0. The normalized spacial score (nSPS) is 20.2. The van der Waals surface area contributed by atoms with Crippen molar-refractivity contribution in [3.05, 3.63) is 26.5 Å². The van der Waals surface area contributed by atoms with Crippen molar-refractivity contribution in [2.45, 2.75) is 45.2 Å². The predicted octanol–water partition coefficient (Wildman–Crippen LogP) is 4.57. The van der Waals surface area contributed by atoms with Gasteiger partial charge in [0.1, 0.15) is 0 Å². The molecule has 1 N–H and O–H groups in total. The summed E-state index contributed by atoms with van der Waals surface area (Å²) >= 11 is 7.82. The maximum absolute atomic E-state index is 5.48. The number of nitrogens with zero attached hydrogens (tertiary/aromatic N) is 2. The van der Waals surface area contributed by atoms with E-state index in [1.165, 1.54) is 41.4 Å². The van der Waals surface area contributed by atoms with Crippen molar-refractivity contribution in [3.8, 4) is 0 Å². The topological polar surface area (TPSA) is 24.0 Å². The number of hydrogen-bond donors (Lipinski definition) is 1. The Morgan fingerprint density at radius 3 is 3.00 bits per heavy atom. The van der Waals surface area contributed by atoms with Gasteiger partial charge in [-0.2, -0.15) is 0 Å². The van der Waals surface area contributed by atoms with Gasteiger partial charge >= 0.3 is 0 Å². The molecule has 1 aliphatic heterocycles. The Balaban J connectivity index is 1.68. The zero-order valence-corrected chi connectivity index (χ0v) is 15.4. The van der Waals surface area contributed by atoms with Crippen molar-refractivity contribution >= 4 is 45.8 Å². The number of aryl methyl sites for hydroxylation is 1. The van der Waals surface area contributed by atoms with E-state index in [0.29, 0.717) is 0 Å². The average Bonchev–Trinajstić information content (AvgIpc) is 2.76. The summed E-state index contributed by atoms with van der Waals surface area (Å²) in [5, 5.41) is 0. The molecule has 0 bridgehead atoms. The third kappa shape index (κ3) is 3.51. The van der Waals surface area contributed by atoms with E-state index in [1.807, 2.05) is 0 Å². The number of benzene rings is 1. The summed E-state index contributed by atoms with van der Waals surface area (Å²) in [5.41, 5.74) is 2.38. The van der Waals surface area contributed by atoms with Gasteiger partial charge in [-0.05, 0) is 85.7 Å². The molecule has 114 valence electrons. The summed E-state index contributed by atoms with van der Waals surface area (Å²) in [6, 6.07) is 7.23. The van der Waals surface area contributed by atoms with Crippen LogP contribution in [0.25, 0.3) is 11.0 Å². The quantitative estimate of drug-likeness (QED) is 0.585. The zero-order valence-electron chi connectivity index (χ0n) is 12.4. The van der Waals surface area contributed by atoms with Gasteiger partial charge < -0.3 is 14.5 Å². The van der Waals surface area contributed by atoms with Gasteiger partial charge in [0.25, 0.3) is 0 Å². The summed E-state index contributed by atoms with van der Waals surface area (Å²) in [7, 11) is 0. The molecule has 1 saturated heterocycles. The molecule has 3 nitrogen and oxygen atoms in total. The number of halogens is 1. The van der Waals surface area contributed by atoms with E-state index in [1.54, 1.807) is 0 Å². The first kappa shape index (κ1) is 15.5. The van der Waals surface area contributed by atoms with E-state index >= 15 is 0 Å². The van der Waals surface area contributed by atoms with E-state index in [4.69, 9.17) is 12.2 Å². The van der Waals surface area contributed by atoms with Crippen LogP contribution in [-0.2, 0) is 6.54 Å². The third-order valence-corrected chi connectivity index (χ3v) is 5.50. The molecule has 5 heteroatoms. The van der Waals surface area contributed by atoms with Gasteiger partial charge in [0.15, 0.2) is 4.77 Å². The molecule has 2 heterocycles. The Bertz CT molecular complexity index is 676. The maximum Gasteiger partial charge on any atom is 0.178 e. The molecule has 21 heavy (non-hydrogen) atoms. The van der Waals surface area contributed by atoms with Gasteiger partial charge in [-0.25, -0.2) is 0 Å². The van der Waals surface area contributed by atoms with Gasteiger partial charge in [-0.1, -0.05) is 6.42 Å². The van der Waals surface area contributed by atoms with Crippen LogP contribution in [0.15, 0.2) is 18.2 Å². The Labute approximate surface area is 144 Å². The van der Waals surface area contributed by atoms with Crippen molar-refractivity contribution in [1.82, 2.24) is 14.5 Å². The number of imidazole rings is 1. The first-order valence-corrected chi connectivity index (χ1v) is 9.26. The van der Waals surface area contributed by atoms with Gasteiger partial charge in [-0.15, -0.1) is 0 Å². The van der Waals surface area contributed by atoms with Crippen LogP contribution < -0.4 is 0 Å². The fourth-order valence-electron chi connectivity index (χ4n) is 3.28. The first-order valence-electron chi connectivity index (χ1n) is 7.77. The molecule has 0 amide bonds. The Hall–Kier alpha value is -0.400. The molecule has 1 aromatic carbocycles. The summed E-state index contributed by atoms with van der Waals surface area (Å²) < 4.78 is 4.33. The van der Waals surface area contributed by atoms with Crippen molar-refractivity contribution in [2.75, 3.05) is 13.1 Å². The maximum atomic E-state index is 5.48. The van der Waals surface area contributed by atoms with E-state index < -0.39 is 0 Å². The summed E-state index contributed by atoms with van der Waals surface area (Å²) in [5.74, 6) is 0. The number of likely N-dealkylation sites (tertiary alicyclic amines) is 1. The second kappa shape index (κ2) is 6.79. The van der Waals surface area contributed by atoms with Gasteiger partial charge in [-0.3, -0.25) is 0 Å². The number of rotatable bonds is 4. The van der Waals surface area contributed by atoms with E-state index in [9.17, 15) is 0 Å². The SMILES string of the molecule is CC1CCCCN1CCCn1c(=S)[nH]c2cc(I)ccc21. The number of hydrogen-bond acceptors (Lipinski definition) is 2. The number of aromatic amines is 1. The number of fused-ring (bicyclic) bond motifs is 1. The van der Waals surface area contributed by atoms with Crippen molar-refractivity contribution in [3.63, 3.8) is 0 Å². The molecule has 1 atom stereocenters. The van der Waals surface area contributed by atoms with Crippen LogP contribution >= 0.6 is 34.8 Å². The standard InChI is InChI=1S/C16H22IN3S/c1-12-5-2-3-8-19(12)9-4-10-20-15-7-6-13(17)11-14(15)18-16(20)21/h6-7,11-12H,2-5,8-10H2,1H3,(H,18,21). The zero-order chi connectivity index (χ0) is 14.8. The first-order chi connectivity index (χ1) is 10.1. The highest BCUT2D eigenvalue weighted by Crippen LogP contribution is 2.19. The molecule has 1 aromatic heterocycles. The highest BCUT2D eigenvalue weighted by atomic mass is 127. The molecule has 0 spiro atoms. The van der Waals surface area contributed by atoms with Crippen LogP contribution in [0.3, 0.4) is 0 Å². The van der Waals surface area contributed by atoms with Crippen LogP contribution in [0.5, 0.6) is 0 Å². The van der Waals surface area contributed by atoms with Gasteiger partial charge in [0, 0.05) is 22.7 Å². The van der Waals surface area contributed by atoms with Crippen molar-refractivity contribution in [2.24, 2.45) is 0 Å². The molecule has 1 aliphatic rings. The summed E-state index contributed by atoms with van der Waals surface area (Å²) in [4.78, 5) is 5.95. The van der Waals surface area contributed by atoms with E-state index in [0.717, 1.165) is 29.3 Å². The molecular weight excluding hydrogens is 393 g/mol. The monoisotopic (exact) mass is 415 g/mol. The lowest BCUT2D eigenvalue weighted by Crippen LogP contribution is -2.38. The molecule has 0 aliphatic carbocycles. The number of H-pyrrole nitrogens is 1.